The van der Waals surface area contributed by atoms with E-state index in [0.717, 1.165) is 30.2 Å². The number of nitrogens with one attached hydrogen (secondary N) is 2. The molecule has 20 heavy (non-hydrogen) atoms. The highest BCUT2D eigenvalue weighted by molar-refractivity contribution is 5.56. The molecule has 2 aromatic carbocycles. The lowest BCUT2D eigenvalue weighted by Gasteiger charge is -2.12. The van der Waals surface area contributed by atoms with E-state index in [1.54, 1.807) is 12.1 Å². The molecule has 0 saturated carbocycles. The molecule has 0 saturated heterocycles. The van der Waals surface area contributed by atoms with E-state index in [-0.39, 0.29) is 5.82 Å². The van der Waals surface area contributed by atoms with Gasteiger partial charge in [0.1, 0.15) is 11.6 Å². The van der Waals surface area contributed by atoms with Gasteiger partial charge < -0.3 is 15.4 Å². The summed E-state index contributed by atoms with van der Waals surface area (Å²) in [6, 6.07) is 14.2. The van der Waals surface area contributed by atoms with Gasteiger partial charge in [-0.2, -0.15) is 0 Å². The average Bonchev–Trinajstić information content (AvgIpc) is 2.47. The van der Waals surface area contributed by atoms with Gasteiger partial charge in [0.05, 0.1) is 12.3 Å². The lowest BCUT2D eigenvalue weighted by atomic mass is 10.3. The van der Waals surface area contributed by atoms with Crippen molar-refractivity contribution in [1.29, 1.82) is 0 Å². The Morgan fingerprint density at radius 1 is 0.950 bits per heavy atom. The maximum Gasteiger partial charge on any atom is 0.142 e. The summed E-state index contributed by atoms with van der Waals surface area (Å²) >= 11 is 0. The summed E-state index contributed by atoms with van der Waals surface area (Å²) in [6.07, 6.45) is 0. The summed E-state index contributed by atoms with van der Waals surface area (Å²) in [5, 5.41) is 6.54. The van der Waals surface area contributed by atoms with Crippen LogP contribution in [0.15, 0.2) is 48.5 Å². The van der Waals surface area contributed by atoms with Gasteiger partial charge in [0, 0.05) is 18.8 Å². The summed E-state index contributed by atoms with van der Waals surface area (Å²) in [5.74, 6) is 0.635. The summed E-state index contributed by atoms with van der Waals surface area (Å²) < 4.78 is 18.3. The second-order valence-electron chi connectivity index (χ2n) is 4.29. The van der Waals surface area contributed by atoms with Crippen molar-refractivity contribution < 1.29 is 9.13 Å². The van der Waals surface area contributed by atoms with Gasteiger partial charge in [0.2, 0.25) is 0 Å². The molecule has 0 spiro atoms. The van der Waals surface area contributed by atoms with Crippen LogP contribution in [0.2, 0.25) is 0 Å². The van der Waals surface area contributed by atoms with Gasteiger partial charge in [-0.1, -0.05) is 12.1 Å². The molecule has 106 valence electrons. The van der Waals surface area contributed by atoms with Crippen LogP contribution in [0.1, 0.15) is 6.92 Å². The lowest BCUT2D eigenvalue weighted by molar-refractivity contribution is 0.342. The maximum atomic E-state index is 12.8. The molecule has 0 radical (unpaired) electrons. The predicted octanol–water partition coefficient (Wildman–Crippen LogP) is 3.75. The largest absolute Gasteiger partial charge is 0.492 e. The number of benzene rings is 2. The summed E-state index contributed by atoms with van der Waals surface area (Å²) in [7, 11) is 0. The van der Waals surface area contributed by atoms with Crippen molar-refractivity contribution in [2.24, 2.45) is 0 Å². The third kappa shape index (κ3) is 4.16. The standard InChI is InChI=1S/C16H19FN2O/c1-2-20-16-6-4-3-5-15(16)19-12-11-18-14-9-7-13(17)8-10-14/h3-10,18-19H,2,11-12H2,1H3. The fraction of sp³-hybridized carbons (Fsp3) is 0.250. The van der Waals surface area contributed by atoms with E-state index in [4.69, 9.17) is 4.74 Å². The molecule has 0 atom stereocenters. The average molecular weight is 274 g/mol. The monoisotopic (exact) mass is 274 g/mol. The number of para-hydroxylation sites is 2. The molecule has 0 aliphatic heterocycles. The molecule has 0 aliphatic carbocycles. The molecule has 0 unspecified atom stereocenters. The Kier molecular flexibility index (Phi) is 5.24. The number of rotatable bonds is 7. The van der Waals surface area contributed by atoms with Crippen molar-refractivity contribution in [2.45, 2.75) is 6.92 Å². The van der Waals surface area contributed by atoms with E-state index in [1.165, 1.54) is 12.1 Å². The smallest absolute Gasteiger partial charge is 0.142 e. The fourth-order valence-electron chi connectivity index (χ4n) is 1.87. The van der Waals surface area contributed by atoms with E-state index in [2.05, 4.69) is 10.6 Å². The Balaban J connectivity index is 1.79. The van der Waals surface area contributed by atoms with E-state index in [9.17, 15) is 4.39 Å². The van der Waals surface area contributed by atoms with Gasteiger partial charge in [-0.25, -0.2) is 4.39 Å². The molecular weight excluding hydrogens is 255 g/mol. The van der Waals surface area contributed by atoms with Crippen LogP contribution in [0.4, 0.5) is 15.8 Å². The highest BCUT2D eigenvalue weighted by Gasteiger charge is 2.00. The number of anilines is 2. The first-order valence-corrected chi connectivity index (χ1v) is 6.74. The highest BCUT2D eigenvalue weighted by Crippen LogP contribution is 2.23. The molecule has 0 aliphatic rings. The molecule has 4 heteroatoms. The Bertz CT molecular complexity index is 528. The Labute approximate surface area is 118 Å². The summed E-state index contributed by atoms with van der Waals surface area (Å²) in [5.41, 5.74) is 1.89. The van der Waals surface area contributed by atoms with Gasteiger partial charge in [-0.3, -0.25) is 0 Å². The minimum absolute atomic E-state index is 0.223. The fourth-order valence-corrected chi connectivity index (χ4v) is 1.87. The zero-order valence-corrected chi connectivity index (χ0v) is 11.5. The summed E-state index contributed by atoms with van der Waals surface area (Å²) in [4.78, 5) is 0. The van der Waals surface area contributed by atoms with Crippen molar-refractivity contribution in [3.63, 3.8) is 0 Å². The molecule has 2 rings (SSSR count). The first-order chi connectivity index (χ1) is 9.79. The first kappa shape index (κ1) is 14.2. The topological polar surface area (TPSA) is 33.3 Å². The van der Waals surface area contributed by atoms with Crippen molar-refractivity contribution in [3.05, 3.63) is 54.3 Å². The van der Waals surface area contributed by atoms with Crippen LogP contribution in [-0.4, -0.2) is 19.7 Å². The van der Waals surface area contributed by atoms with Crippen molar-refractivity contribution in [1.82, 2.24) is 0 Å². The SMILES string of the molecule is CCOc1ccccc1NCCNc1ccc(F)cc1. The second kappa shape index (κ2) is 7.38. The van der Waals surface area contributed by atoms with E-state index < -0.39 is 0 Å². The Morgan fingerprint density at radius 2 is 1.65 bits per heavy atom. The molecule has 0 aromatic heterocycles. The zero-order valence-electron chi connectivity index (χ0n) is 11.5. The molecule has 3 nitrogen and oxygen atoms in total. The van der Waals surface area contributed by atoms with Crippen LogP contribution >= 0.6 is 0 Å². The predicted molar refractivity (Wildman–Crippen MR) is 81.0 cm³/mol. The normalized spacial score (nSPS) is 10.1. The quantitative estimate of drug-likeness (QED) is 0.754. The first-order valence-electron chi connectivity index (χ1n) is 6.74. The van der Waals surface area contributed by atoms with Crippen LogP contribution in [-0.2, 0) is 0 Å². The molecule has 0 bridgehead atoms. The van der Waals surface area contributed by atoms with Crippen molar-refractivity contribution in [3.8, 4) is 5.75 Å². The van der Waals surface area contributed by atoms with Gasteiger partial charge in [0.15, 0.2) is 0 Å². The second-order valence-corrected chi connectivity index (χ2v) is 4.29. The molecule has 2 N–H and O–H groups in total. The lowest BCUT2D eigenvalue weighted by Crippen LogP contribution is -2.14. The van der Waals surface area contributed by atoms with Gasteiger partial charge in [-0.05, 0) is 43.3 Å². The third-order valence-electron chi connectivity index (χ3n) is 2.80. The minimum atomic E-state index is -0.223. The number of hydrogen-bond donors (Lipinski definition) is 2. The minimum Gasteiger partial charge on any atom is -0.492 e. The number of hydrogen-bond acceptors (Lipinski definition) is 3. The van der Waals surface area contributed by atoms with Crippen molar-refractivity contribution >= 4 is 11.4 Å². The molecule has 0 amide bonds. The molecule has 0 fully saturated rings. The third-order valence-corrected chi connectivity index (χ3v) is 2.80. The Morgan fingerprint density at radius 3 is 2.40 bits per heavy atom. The number of halogens is 1. The maximum absolute atomic E-state index is 12.8. The zero-order chi connectivity index (χ0) is 14.2. The number of ether oxygens (including phenoxy) is 1. The van der Waals surface area contributed by atoms with E-state index in [0.29, 0.717) is 6.61 Å². The van der Waals surface area contributed by atoms with E-state index in [1.807, 2.05) is 31.2 Å². The van der Waals surface area contributed by atoms with Crippen LogP contribution in [0.25, 0.3) is 0 Å². The highest BCUT2D eigenvalue weighted by atomic mass is 19.1. The van der Waals surface area contributed by atoms with Gasteiger partial charge in [0.25, 0.3) is 0 Å². The molecule has 0 heterocycles. The molecule has 2 aromatic rings. The van der Waals surface area contributed by atoms with Gasteiger partial charge in [-0.15, -0.1) is 0 Å². The van der Waals surface area contributed by atoms with Crippen molar-refractivity contribution in [2.75, 3.05) is 30.3 Å². The van der Waals surface area contributed by atoms with Crippen LogP contribution in [0, 0.1) is 5.82 Å². The van der Waals surface area contributed by atoms with Crippen LogP contribution in [0.3, 0.4) is 0 Å². The van der Waals surface area contributed by atoms with E-state index >= 15 is 0 Å². The summed E-state index contributed by atoms with van der Waals surface area (Å²) in [6.45, 7) is 4.10. The Hall–Kier alpha value is -2.23. The van der Waals surface area contributed by atoms with Crippen LogP contribution in [0.5, 0.6) is 5.75 Å². The molecular formula is C16H19FN2O. The van der Waals surface area contributed by atoms with Crippen LogP contribution < -0.4 is 15.4 Å². The van der Waals surface area contributed by atoms with Gasteiger partial charge >= 0.3 is 0 Å².